The lowest BCUT2D eigenvalue weighted by molar-refractivity contribution is 0.591. The van der Waals surface area contributed by atoms with Crippen molar-refractivity contribution in [3.05, 3.63) is 145 Å². The topological polar surface area (TPSA) is 0 Å². The van der Waals surface area contributed by atoms with Gasteiger partial charge < -0.3 is 0 Å². The zero-order valence-corrected chi connectivity index (χ0v) is 25.6. The van der Waals surface area contributed by atoms with E-state index >= 15 is 0 Å². The SMILES string of the molecule is CC(C)(C)c1cc2ccc3ccc(-c4ccc5cc(-c6ccc7c(ccc8cc(F)ccc87)c6)ccc5c4)c4ccc(c1)c2c34. The van der Waals surface area contributed by atoms with Crippen LogP contribution in [-0.2, 0) is 5.41 Å². The number of halogens is 1. The first kappa shape index (κ1) is 26.2. The second kappa shape index (κ2) is 9.36. The third-order valence-electron chi connectivity index (χ3n) is 9.75. The summed E-state index contributed by atoms with van der Waals surface area (Å²) in [6.07, 6.45) is 0. The molecule has 0 heterocycles. The summed E-state index contributed by atoms with van der Waals surface area (Å²) in [7, 11) is 0. The minimum Gasteiger partial charge on any atom is -0.207 e. The molecule has 9 rings (SSSR count). The van der Waals surface area contributed by atoms with Gasteiger partial charge in [0.1, 0.15) is 5.82 Å². The van der Waals surface area contributed by atoms with Crippen LogP contribution in [-0.4, -0.2) is 0 Å². The molecule has 0 aromatic heterocycles. The molecule has 0 radical (unpaired) electrons. The van der Waals surface area contributed by atoms with E-state index in [4.69, 9.17) is 0 Å². The van der Waals surface area contributed by atoms with Crippen molar-refractivity contribution >= 4 is 64.6 Å². The van der Waals surface area contributed by atoms with Gasteiger partial charge in [-0.2, -0.15) is 0 Å². The van der Waals surface area contributed by atoms with Crippen LogP contribution in [0.25, 0.3) is 86.9 Å². The summed E-state index contributed by atoms with van der Waals surface area (Å²) in [5.41, 5.74) is 6.34. The first-order valence-electron chi connectivity index (χ1n) is 15.7. The molecular formula is C44H31F. The number of benzene rings is 9. The van der Waals surface area contributed by atoms with Gasteiger partial charge >= 0.3 is 0 Å². The van der Waals surface area contributed by atoms with Gasteiger partial charge in [0, 0.05) is 0 Å². The molecule has 0 aliphatic heterocycles. The van der Waals surface area contributed by atoms with Crippen LogP contribution in [0.5, 0.6) is 0 Å². The molecule has 0 bridgehead atoms. The molecule has 0 aliphatic rings. The quantitative estimate of drug-likeness (QED) is 0.179. The zero-order valence-electron chi connectivity index (χ0n) is 25.6. The maximum absolute atomic E-state index is 13.8. The lowest BCUT2D eigenvalue weighted by Crippen LogP contribution is -2.10. The van der Waals surface area contributed by atoms with Crippen molar-refractivity contribution in [2.24, 2.45) is 0 Å². The van der Waals surface area contributed by atoms with Crippen LogP contribution in [0.1, 0.15) is 26.3 Å². The Bertz CT molecular complexity index is 2620. The first-order chi connectivity index (χ1) is 21.8. The highest BCUT2D eigenvalue weighted by Gasteiger charge is 2.18. The Morgan fingerprint density at radius 1 is 0.378 bits per heavy atom. The van der Waals surface area contributed by atoms with Gasteiger partial charge in [-0.1, -0.05) is 124 Å². The number of hydrogen-bond donors (Lipinski definition) is 0. The average Bonchev–Trinajstić information content (AvgIpc) is 3.05. The van der Waals surface area contributed by atoms with Crippen LogP contribution in [0.4, 0.5) is 4.39 Å². The van der Waals surface area contributed by atoms with E-state index in [1.165, 1.54) is 70.9 Å². The van der Waals surface area contributed by atoms with E-state index in [0.29, 0.717) is 0 Å². The molecule has 1 heteroatoms. The Hall–Kier alpha value is -5.27. The van der Waals surface area contributed by atoms with Crippen molar-refractivity contribution in [2.75, 3.05) is 0 Å². The Balaban J connectivity index is 1.13. The molecule has 0 spiro atoms. The molecular weight excluding hydrogens is 547 g/mol. The number of fused-ring (bicyclic) bond motifs is 4. The second-order valence-corrected chi connectivity index (χ2v) is 13.6. The monoisotopic (exact) mass is 578 g/mol. The molecule has 0 nitrogen and oxygen atoms in total. The summed E-state index contributed by atoms with van der Waals surface area (Å²) < 4.78 is 13.8. The Kier molecular flexibility index (Phi) is 5.44. The Labute approximate surface area is 261 Å². The first-order valence-corrected chi connectivity index (χ1v) is 15.7. The van der Waals surface area contributed by atoms with E-state index in [2.05, 4.69) is 130 Å². The van der Waals surface area contributed by atoms with Crippen LogP contribution in [0.3, 0.4) is 0 Å². The van der Waals surface area contributed by atoms with Gasteiger partial charge in [0.25, 0.3) is 0 Å². The van der Waals surface area contributed by atoms with Crippen LogP contribution >= 0.6 is 0 Å². The minimum absolute atomic E-state index is 0.103. The fourth-order valence-electron chi connectivity index (χ4n) is 7.32. The highest BCUT2D eigenvalue weighted by Crippen LogP contribution is 2.42. The van der Waals surface area contributed by atoms with E-state index in [0.717, 1.165) is 21.5 Å². The number of rotatable bonds is 2. The second-order valence-electron chi connectivity index (χ2n) is 13.6. The summed E-state index contributed by atoms with van der Waals surface area (Å²) in [5.74, 6) is -0.202. The summed E-state index contributed by atoms with van der Waals surface area (Å²) in [4.78, 5) is 0. The summed E-state index contributed by atoms with van der Waals surface area (Å²) in [5, 5.41) is 14.7. The summed E-state index contributed by atoms with van der Waals surface area (Å²) >= 11 is 0. The predicted octanol–water partition coefficient (Wildman–Crippen LogP) is 12.8. The lowest BCUT2D eigenvalue weighted by Gasteiger charge is -2.22. The minimum atomic E-state index is -0.202. The van der Waals surface area contributed by atoms with Crippen LogP contribution in [0.2, 0.25) is 0 Å². The predicted molar refractivity (Wildman–Crippen MR) is 192 cm³/mol. The molecule has 0 aliphatic carbocycles. The molecule has 0 saturated carbocycles. The lowest BCUT2D eigenvalue weighted by atomic mass is 9.82. The molecule has 9 aromatic rings. The van der Waals surface area contributed by atoms with E-state index in [1.54, 1.807) is 12.1 Å². The largest absolute Gasteiger partial charge is 0.207 e. The van der Waals surface area contributed by atoms with E-state index in [-0.39, 0.29) is 11.2 Å². The standard InChI is InChI=1S/C44H31F/c1-44(2,3)36-23-34-11-4-26-12-16-40(41-18-14-35(24-36)42(34)43(26)41)32-8-7-28-20-27(5-6-29(28)21-32)30-13-17-38-31(22-30)9-10-33-25-37(45)15-19-39(33)38/h4-25H,1-3H3. The van der Waals surface area contributed by atoms with Crippen molar-refractivity contribution in [3.63, 3.8) is 0 Å². The molecule has 214 valence electrons. The molecule has 45 heavy (non-hydrogen) atoms. The fourth-order valence-corrected chi connectivity index (χ4v) is 7.32. The third-order valence-corrected chi connectivity index (χ3v) is 9.75. The highest BCUT2D eigenvalue weighted by molar-refractivity contribution is 6.25. The van der Waals surface area contributed by atoms with E-state index in [9.17, 15) is 4.39 Å². The smallest absolute Gasteiger partial charge is 0.123 e. The van der Waals surface area contributed by atoms with Gasteiger partial charge in [0.15, 0.2) is 0 Å². The zero-order chi connectivity index (χ0) is 30.4. The van der Waals surface area contributed by atoms with Crippen molar-refractivity contribution in [2.45, 2.75) is 26.2 Å². The molecule has 0 atom stereocenters. The van der Waals surface area contributed by atoms with Crippen molar-refractivity contribution in [3.8, 4) is 22.3 Å². The van der Waals surface area contributed by atoms with Crippen LogP contribution in [0.15, 0.2) is 133 Å². The highest BCUT2D eigenvalue weighted by atomic mass is 19.1. The van der Waals surface area contributed by atoms with Gasteiger partial charge in [-0.25, -0.2) is 4.39 Å². The van der Waals surface area contributed by atoms with Gasteiger partial charge in [-0.15, -0.1) is 0 Å². The fraction of sp³-hybridized carbons (Fsp3) is 0.0909. The van der Waals surface area contributed by atoms with Crippen molar-refractivity contribution in [1.82, 2.24) is 0 Å². The number of hydrogen-bond acceptors (Lipinski definition) is 0. The van der Waals surface area contributed by atoms with Gasteiger partial charge in [-0.05, 0) is 128 Å². The summed E-state index contributed by atoms with van der Waals surface area (Å²) in [6, 6.07) is 47.8. The van der Waals surface area contributed by atoms with E-state index in [1.807, 2.05) is 12.1 Å². The van der Waals surface area contributed by atoms with Gasteiger partial charge in [0.05, 0.1) is 0 Å². The Morgan fingerprint density at radius 3 is 1.60 bits per heavy atom. The van der Waals surface area contributed by atoms with Crippen LogP contribution < -0.4 is 0 Å². The third kappa shape index (κ3) is 4.11. The normalized spacial score (nSPS) is 12.4. The van der Waals surface area contributed by atoms with Gasteiger partial charge in [0.2, 0.25) is 0 Å². The molecule has 0 unspecified atom stereocenters. The van der Waals surface area contributed by atoms with E-state index < -0.39 is 0 Å². The van der Waals surface area contributed by atoms with Crippen molar-refractivity contribution in [1.29, 1.82) is 0 Å². The Morgan fingerprint density at radius 2 is 0.867 bits per heavy atom. The maximum Gasteiger partial charge on any atom is 0.123 e. The molecule has 0 fully saturated rings. The van der Waals surface area contributed by atoms with Gasteiger partial charge in [-0.3, -0.25) is 0 Å². The molecule has 0 saturated heterocycles. The molecule has 9 aromatic carbocycles. The maximum atomic E-state index is 13.8. The average molecular weight is 579 g/mol. The van der Waals surface area contributed by atoms with Crippen LogP contribution in [0, 0.1) is 5.82 Å². The summed E-state index contributed by atoms with van der Waals surface area (Å²) in [6.45, 7) is 6.86. The molecule has 0 N–H and O–H groups in total. The molecule has 0 amide bonds. The van der Waals surface area contributed by atoms with Crippen molar-refractivity contribution < 1.29 is 4.39 Å².